The first-order valence-corrected chi connectivity index (χ1v) is 7.92. The highest BCUT2D eigenvalue weighted by atomic mass is 16.5. The van der Waals surface area contributed by atoms with Gasteiger partial charge in [0.25, 0.3) is 5.91 Å². The van der Waals surface area contributed by atoms with Gasteiger partial charge < -0.3 is 10.3 Å². The van der Waals surface area contributed by atoms with Crippen LogP contribution >= 0.6 is 0 Å². The molecule has 1 aromatic carbocycles. The molecule has 0 unspecified atom stereocenters. The van der Waals surface area contributed by atoms with Crippen LogP contribution in [0.15, 0.2) is 40.9 Å². The van der Waals surface area contributed by atoms with Gasteiger partial charge in [-0.15, -0.1) is 5.10 Å². The third-order valence-corrected chi connectivity index (χ3v) is 4.05. The highest BCUT2D eigenvalue weighted by molar-refractivity contribution is 5.88. The lowest BCUT2D eigenvalue weighted by molar-refractivity contribution is 0.0990. The Bertz CT molecular complexity index is 864. The third kappa shape index (κ3) is 3.05. The lowest BCUT2D eigenvalue weighted by atomic mass is 10.1. The lowest BCUT2D eigenvalue weighted by Crippen LogP contribution is -2.13. The van der Waals surface area contributed by atoms with Crippen molar-refractivity contribution in [2.75, 3.05) is 0 Å². The van der Waals surface area contributed by atoms with Gasteiger partial charge in [0.1, 0.15) is 12.4 Å². The Balaban J connectivity index is 1.60. The Morgan fingerprint density at radius 3 is 2.79 bits per heavy atom. The maximum Gasteiger partial charge on any atom is 0.288 e. The van der Waals surface area contributed by atoms with Crippen molar-refractivity contribution in [2.24, 2.45) is 5.73 Å². The predicted molar refractivity (Wildman–Crippen MR) is 85.4 cm³/mol. The van der Waals surface area contributed by atoms with Crippen molar-refractivity contribution in [3.8, 4) is 0 Å². The molecule has 0 atom stereocenters. The lowest BCUT2D eigenvalue weighted by Gasteiger charge is -2.03. The average molecular weight is 323 g/mol. The molecule has 2 heterocycles. The Morgan fingerprint density at radius 1 is 1.29 bits per heavy atom. The van der Waals surface area contributed by atoms with Gasteiger partial charge in [0.2, 0.25) is 5.82 Å². The van der Waals surface area contributed by atoms with E-state index in [9.17, 15) is 4.79 Å². The molecule has 7 heteroatoms. The topological polar surface area (TPSA) is 99.8 Å². The quantitative estimate of drug-likeness (QED) is 0.746. The molecule has 1 aliphatic rings. The first-order valence-electron chi connectivity index (χ1n) is 7.92. The van der Waals surface area contributed by atoms with E-state index in [0.29, 0.717) is 30.5 Å². The zero-order chi connectivity index (χ0) is 16.5. The van der Waals surface area contributed by atoms with Gasteiger partial charge in [0, 0.05) is 18.4 Å². The number of aromatic nitrogens is 4. The number of nitrogens with two attached hydrogens (primary N) is 1. The molecule has 3 aromatic rings. The van der Waals surface area contributed by atoms with E-state index < -0.39 is 5.91 Å². The monoisotopic (exact) mass is 323 g/mol. The fourth-order valence-corrected chi connectivity index (χ4v) is 2.64. The summed E-state index contributed by atoms with van der Waals surface area (Å²) in [5.74, 6) is 1.27. The maximum absolute atomic E-state index is 11.4. The zero-order valence-corrected chi connectivity index (χ0v) is 13.1. The molecule has 0 saturated heterocycles. The van der Waals surface area contributed by atoms with E-state index in [-0.39, 0.29) is 5.82 Å². The van der Waals surface area contributed by atoms with Crippen LogP contribution in [0.1, 0.15) is 52.2 Å². The number of carbonyl (C=O) groups is 1. The van der Waals surface area contributed by atoms with E-state index in [1.807, 2.05) is 36.4 Å². The summed E-state index contributed by atoms with van der Waals surface area (Å²) < 4.78 is 7.05. The minimum Gasteiger partial charge on any atom is -0.363 e. The molecule has 122 valence electrons. The smallest absolute Gasteiger partial charge is 0.288 e. The van der Waals surface area contributed by atoms with E-state index >= 15 is 0 Å². The summed E-state index contributed by atoms with van der Waals surface area (Å²) in [7, 11) is 0. The van der Waals surface area contributed by atoms with Crippen molar-refractivity contribution in [3.63, 3.8) is 0 Å². The molecule has 0 radical (unpaired) electrons. The molecule has 0 spiro atoms. The zero-order valence-electron chi connectivity index (χ0n) is 13.1. The van der Waals surface area contributed by atoms with Crippen molar-refractivity contribution < 1.29 is 9.32 Å². The summed E-state index contributed by atoms with van der Waals surface area (Å²) in [4.78, 5) is 15.7. The fourth-order valence-electron chi connectivity index (χ4n) is 2.64. The molecule has 1 saturated carbocycles. The summed E-state index contributed by atoms with van der Waals surface area (Å²) in [5.41, 5.74) is 7.39. The molecule has 1 amide bonds. The van der Waals surface area contributed by atoms with Gasteiger partial charge in [0.05, 0.1) is 5.69 Å². The van der Waals surface area contributed by atoms with Crippen LogP contribution < -0.4 is 5.73 Å². The second-order valence-corrected chi connectivity index (χ2v) is 6.03. The number of hydrogen-bond acceptors (Lipinski definition) is 5. The number of carbonyl (C=O) groups excluding carboxylic acids is 1. The molecule has 2 aromatic heterocycles. The number of amides is 1. The molecule has 0 aliphatic heterocycles. The minimum atomic E-state index is -0.640. The van der Waals surface area contributed by atoms with Crippen molar-refractivity contribution >= 4 is 5.91 Å². The highest BCUT2D eigenvalue weighted by Crippen LogP contribution is 2.39. The number of nitrogens with zero attached hydrogens (tertiary/aromatic N) is 4. The second kappa shape index (κ2) is 5.92. The number of hydrogen-bond donors (Lipinski definition) is 1. The number of primary amides is 1. The number of benzene rings is 1. The summed E-state index contributed by atoms with van der Waals surface area (Å²) in [6.45, 7) is 0.377. The first kappa shape index (κ1) is 14.6. The maximum atomic E-state index is 11.4. The molecule has 1 aliphatic carbocycles. The Hall–Kier alpha value is -2.96. The van der Waals surface area contributed by atoms with Gasteiger partial charge >= 0.3 is 0 Å². The molecule has 2 N–H and O–H groups in total. The molecule has 24 heavy (non-hydrogen) atoms. The Morgan fingerprint density at radius 2 is 2.08 bits per heavy atom. The first-order chi connectivity index (χ1) is 11.7. The minimum absolute atomic E-state index is 0.0165. The molecule has 1 fully saturated rings. The summed E-state index contributed by atoms with van der Waals surface area (Å²) in [5, 5.41) is 8.32. The van der Waals surface area contributed by atoms with Gasteiger partial charge in [-0.25, -0.2) is 9.67 Å². The summed E-state index contributed by atoms with van der Waals surface area (Å²) >= 11 is 0. The van der Waals surface area contributed by atoms with Crippen molar-refractivity contribution in [1.29, 1.82) is 0 Å². The van der Waals surface area contributed by atoms with Gasteiger partial charge in [-0.2, -0.15) is 0 Å². The highest BCUT2D eigenvalue weighted by Gasteiger charge is 2.27. The fraction of sp³-hybridized carbons (Fsp3) is 0.294. The van der Waals surface area contributed by atoms with Gasteiger partial charge in [-0.1, -0.05) is 35.5 Å². The molecular weight excluding hydrogens is 306 g/mol. The summed E-state index contributed by atoms with van der Waals surface area (Å²) in [6.07, 6.45) is 2.89. The largest absolute Gasteiger partial charge is 0.363 e. The van der Waals surface area contributed by atoms with E-state index in [1.54, 1.807) is 4.68 Å². The normalized spacial score (nSPS) is 14.0. The van der Waals surface area contributed by atoms with Crippen LogP contribution in [0.2, 0.25) is 0 Å². The van der Waals surface area contributed by atoms with Gasteiger partial charge in [0.15, 0.2) is 5.76 Å². The summed E-state index contributed by atoms with van der Waals surface area (Å²) in [6, 6.07) is 11.8. The van der Waals surface area contributed by atoms with E-state index in [1.165, 1.54) is 12.8 Å². The Labute approximate surface area is 138 Å². The van der Waals surface area contributed by atoms with E-state index in [0.717, 1.165) is 11.3 Å². The van der Waals surface area contributed by atoms with Gasteiger partial charge in [-0.05, 0) is 18.4 Å². The van der Waals surface area contributed by atoms with E-state index in [4.69, 9.17) is 10.3 Å². The standard InChI is InChI=1S/C17H17N5O2/c18-16(23)17-19-15(8-11-4-2-1-3-5-11)22(20-17)10-13-9-14(21-24-13)12-6-7-12/h1-5,9,12H,6-8,10H2,(H2,18,23). The van der Waals surface area contributed by atoms with Crippen LogP contribution in [0, 0.1) is 0 Å². The molecule has 4 rings (SSSR count). The van der Waals surface area contributed by atoms with Crippen LogP contribution in [0.25, 0.3) is 0 Å². The average Bonchev–Trinajstić information content (AvgIpc) is 3.20. The van der Waals surface area contributed by atoms with Crippen molar-refractivity contribution in [1.82, 2.24) is 19.9 Å². The van der Waals surface area contributed by atoms with Crippen LogP contribution in [-0.2, 0) is 13.0 Å². The van der Waals surface area contributed by atoms with Gasteiger partial charge in [-0.3, -0.25) is 4.79 Å². The SMILES string of the molecule is NC(=O)c1nc(Cc2ccccc2)n(Cc2cc(C3CC3)no2)n1. The van der Waals surface area contributed by atoms with Crippen molar-refractivity contribution in [3.05, 3.63) is 65.1 Å². The van der Waals surface area contributed by atoms with Crippen LogP contribution in [0.4, 0.5) is 0 Å². The third-order valence-electron chi connectivity index (χ3n) is 4.05. The predicted octanol–water partition coefficient (Wildman–Crippen LogP) is 1.88. The molecular formula is C17H17N5O2. The van der Waals surface area contributed by atoms with Crippen LogP contribution in [0.5, 0.6) is 0 Å². The molecule has 7 nitrogen and oxygen atoms in total. The van der Waals surface area contributed by atoms with Crippen LogP contribution in [-0.4, -0.2) is 25.8 Å². The van der Waals surface area contributed by atoms with Crippen LogP contribution in [0.3, 0.4) is 0 Å². The van der Waals surface area contributed by atoms with E-state index in [2.05, 4.69) is 15.2 Å². The van der Waals surface area contributed by atoms with Crippen molar-refractivity contribution in [2.45, 2.75) is 31.7 Å². The second-order valence-electron chi connectivity index (χ2n) is 6.03. The number of rotatable bonds is 6. The molecule has 0 bridgehead atoms. The Kier molecular flexibility index (Phi) is 3.60.